The average molecular weight is 185 g/mol. The number of nitrogens with zero attached hydrogens (tertiary/aromatic N) is 1. The van der Waals surface area contributed by atoms with Crippen molar-refractivity contribution >= 4 is 23.8 Å². The van der Waals surface area contributed by atoms with Crippen LogP contribution in [-0.2, 0) is 7.05 Å². The summed E-state index contributed by atoms with van der Waals surface area (Å²) >= 11 is 4.90. The quantitative estimate of drug-likeness (QED) is 0.538. The molecule has 1 aromatic heterocycles. The molecule has 0 radical (unpaired) electrons. The predicted molar refractivity (Wildman–Crippen MR) is 49.6 cm³/mol. The number of H-pyrrole nitrogens is 1. The summed E-state index contributed by atoms with van der Waals surface area (Å²) in [6.45, 7) is 1.78. The topological polar surface area (TPSA) is 63.8 Å². The van der Waals surface area contributed by atoms with Gasteiger partial charge in [-0.05, 0) is 12.2 Å². The molecule has 0 amide bonds. The minimum atomic E-state index is -0.0146. The molecule has 0 aliphatic rings. The molecule has 0 unspecified atom stereocenters. The van der Waals surface area contributed by atoms with Crippen LogP contribution in [0.25, 0.3) is 0 Å². The fourth-order valence-electron chi connectivity index (χ4n) is 0.921. The van der Waals surface area contributed by atoms with E-state index in [-0.39, 0.29) is 5.78 Å². The SMILES string of the molecule is CCC(=O)c1[nH]c(=S)n(C)c1N. The van der Waals surface area contributed by atoms with Gasteiger partial charge in [0.1, 0.15) is 11.5 Å². The zero-order valence-electron chi connectivity index (χ0n) is 7.05. The number of nitrogen functional groups attached to an aromatic ring is 1. The fraction of sp³-hybridized carbons (Fsp3) is 0.429. The summed E-state index contributed by atoms with van der Waals surface area (Å²) in [4.78, 5) is 14.0. The van der Waals surface area contributed by atoms with Gasteiger partial charge in [-0.3, -0.25) is 4.79 Å². The third-order valence-corrected chi connectivity index (χ3v) is 2.13. The molecule has 12 heavy (non-hydrogen) atoms. The first-order chi connectivity index (χ1) is 5.57. The third-order valence-electron chi connectivity index (χ3n) is 1.75. The molecule has 0 aliphatic carbocycles. The lowest BCUT2D eigenvalue weighted by atomic mass is 10.2. The number of nitrogens with one attached hydrogen (secondary N) is 1. The second-order valence-corrected chi connectivity index (χ2v) is 2.91. The number of carbonyl (C=O) groups excluding carboxylic acids is 1. The maximum Gasteiger partial charge on any atom is 0.182 e. The molecule has 0 saturated heterocycles. The maximum atomic E-state index is 11.2. The third kappa shape index (κ3) is 1.27. The van der Waals surface area contributed by atoms with Crippen LogP contribution < -0.4 is 5.73 Å². The summed E-state index contributed by atoms with van der Waals surface area (Å²) < 4.78 is 2.06. The van der Waals surface area contributed by atoms with E-state index in [2.05, 4.69) is 4.98 Å². The van der Waals surface area contributed by atoms with E-state index in [0.29, 0.717) is 22.7 Å². The number of ketones is 1. The molecule has 0 bridgehead atoms. The molecule has 1 heterocycles. The van der Waals surface area contributed by atoms with Crippen LogP contribution in [0.1, 0.15) is 23.8 Å². The lowest BCUT2D eigenvalue weighted by Gasteiger charge is -1.96. The van der Waals surface area contributed by atoms with Gasteiger partial charge in [-0.1, -0.05) is 6.92 Å². The van der Waals surface area contributed by atoms with Gasteiger partial charge in [0.15, 0.2) is 10.6 Å². The van der Waals surface area contributed by atoms with Gasteiger partial charge in [-0.15, -0.1) is 0 Å². The number of imidazole rings is 1. The van der Waals surface area contributed by atoms with Crippen LogP contribution in [0.4, 0.5) is 5.82 Å². The van der Waals surface area contributed by atoms with Gasteiger partial charge >= 0.3 is 0 Å². The van der Waals surface area contributed by atoms with E-state index in [9.17, 15) is 4.79 Å². The average Bonchev–Trinajstić information content (AvgIpc) is 2.32. The summed E-state index contributed by atoms with van der Waals surface area (Å²) in [6, 6.07) is 0. The fourth-order valence-corrected chi connectivity index (χ4v) is 1.12. The highest BCUT2D eigenvalue weighted by molar-refractivity contribution is 7.71. The Hall–Kier alpha value is -1.10. The van der Waals surface area contributed by atoms with Gasteiger partial charge < -0.3 is 15.3 Å². The standard InChI is InChI=1S/C7H11N3OS/c1-3-4(11)5-6(8)10(2)7(12)9-5/h3,8H2,1-2H3,(H,9,12). The number of anilines is 1. The molecule has 4 nitrogen and oxygen atoms in total. The monoisotopic (exact) mass is 185 g/mol. The molecule has 1 aromatic rings. The molecular formula is C7H11N3OS. The van der Waals surface area contributed by atoms with Crippen molar-refractivity contribution in [3.63, 3.8) is 0 Å². The van der Waals surface area contributed by atoms with Gasteiger partial charge in [0.25, 0.3) is 0 Å². The highest BCUT2D eigenvalue weighted by atomic mass is 32.1. The Labute approximate surface area is 75.4 Å². The summed E-state index contributed by atoms with van der Waals surface area (Å²) in [5.74, 6) is 0.394. The van der Waals surface area contributed by atoms with Crippen molar-refractivity contribution in [3.05, 3.63) is 10.5 Å². The highest BCUT2D eigenvalue weighted by Crippen LogP contribution is 2.11. The molecule has 0 fully saturated rings. The van der Waals surface area contributed by atoms with Gasteiger partial charge in [0, 0.05) is 13.5 Å². The van der Waals surface area contributed by atoms with Crippen LogP contribution in [0.3, 0.4) is 0 Å². The number of hydrogen-bond acceptors (Lipinski definition) is 3. The largest absolute Gasteiger partial charge is 0.383 e. The van der Waals surface area contributed by atoms with E-state index in [4.69, 9.17) is 18.0 Å². The van der Waals surface area contributed by atoms with Gasteiger partial charge in [-0.2, -0.15) is 0 Å². The normalized spacial score (nSPS) is 10.2. The Morgan fingerprint density at radius 1 is 1.75 bits per heavy atom. The molecular weight excluding hydrogens is 174 g/mol. The van der Waals surface area contributed by atoms with Crippen LogP contribution in [0.2, 0.25) is 0 Å². The second kappa shape index (κ2) is 3.10. The Bertz CT molecular complexity index is 363. The van der Waals surface area contributed by atoms with Gasteiger partial charge in [0.2, 0.25) is 0 Å². The number of aromatic nitrogens is 2. The number of Topliss-reactive ketones (excluding diaryl/α,β-unsaturated/α-hetero) is 1. The molecule has 0 aliphatic heterocycles. The highest BCUT2D eigenvalue weighted by Gasteiger charge is 2.11. The molecule has 0 saturated carbocycles. The second-order valence-electron chi connectivity index (χ2n) is 2.53. The molecule has 0 spiro atoms. The van der Waals surface area contributed by atoms with E-state index in [1.807, 2.05) is 0 Å². The predicted octanol–water partition coefficient (Wildman–Crippen LogP) is 1.26. The molecule has 0 aromatic carbocycles. The van der Waals surface area contributed by atoms with Crippen molar-refractivity contribution in [3.8, 4) is 0 Å². The summed E-state index contributed by atoms with van der Waals surface area (Å²) in [5, 5.41) is 0. The van der Waals surface area contributed by atoms with Crippen LogP contribution in [0, 0.1) is 4.77 Å². The Morgan fingerprint density at radius 3 is 2.67 bits per heavy atom. The van der Waals surface area contributed by atoms with Crippen LogP contribution in [0.15, 0.2) is 0 Å². The zero-order valence-corrected chi connectivity index (χ0v) is 7.86. The number of carbonyl (C=O) groups is 1. The Morgan fingerprint density at radius 2 is 2.33 bits per heavy atom. The smallest absolute Gasteiger partial charge is 0.182 e. The van der Waals surface area contributed by atoms with E-state index in [0.717, 1.165) is 0 Å². The van der Waals surface area contributed by atoms with Gasteiger partial charge in [0.05, 0.1) is 0 Å². The number of nitrogens with two attached hydrogens (primary N) is 1. The van der Waals surface area contributed by atoms with Crippen molar-refractivity contribution in [1.29, 1.82) is 0 Å². The number of aromatic amines is 1. The molecule has 5 heteroatoms. The zero-order chi connectivity index (χ0) is 9.30. The Balaban J connectivity index is 3.27. The first kappa shape index (κ1) is 8.99. The maximum absolute atomic E-state index is 11.2. The van der Waals surface area contributed by atoms with E-state index < -0.39 is 0 Å². The van der Waals surface area contributed by atoms with Crippen LogP contribution >= 0.6 is 12.2 Å². The number of rotatable bonds is 2. The number of hydrogen-bond donors (Lipinski definition) is 2. The lowest BCUT2D eigenvalue weighted by molar-refractivity contribution is 0.0984. The summed E-state index contributed by atoms with van der Waals surface area (Å²) in [7, 11) is 1.72. The Kier molecular flexibility index (Phi) is 2.32. The summed E-state index contributed by atoms with van der Waals surface area (Å²) in [6.07, 6.45) is 0.430. The first-order valence-corrected chi connectivity index (χ1v) is 4.06. The molecule has 3 N–H and O–H groups in total. The van der Waals surface area contributed by atoms with Crippen molar-refractivity contribution in [2.24, 2.45) is 7.05 Å². The summed E-state index contributed by atoms with van der Waals surface area (Å²) in [5.41, 5.74) is 6.05. The van der Waals surface area contributed by atoms with Gasteiger partial charge in [-0.25, -0.2) is 0 Å². The minimum absolute atomic E-state index is 0.0146. The molecule has 1 rings (SSSR count). The van der Waals surface area contributed by atoms with Crippen LogP contribution in [0.5, 0.6) is 0 Å². The van der Waals surface area contributed by atoms with Crippen molar-refractivity contribution in [2.75, 3.05) is 5.73 Å². The van der Waals surface area contributed by atoms with E-state index in [1.54, 1.807) is 18.5 Å². The minimum Gasteiger partial charge on any atom is -0.383 e. The van der Waals surface area contributed by atoms with Crippen molar-refractivity contribution < 1.29 is 4.79 Å². The van der Waals surface area contributed by atoms with E-state index >= 15 is 0 Å². The van der Waals surface area contributed by atoms with E-state index in [1.165, 1.54) is 0 Å². The molecule has 66 valence electrons. The van der Waals surface area contributed by atoms with Crippen molar-refractivity contribution in [1.82, 2.24) is 9.55 Å². The first-order valence-electron chi connectivity index (χ1n) is 3.65. The lowest BCUT2D eigenvalue weighted by Crippen LogP contribution is -2.03. The van der Waals surface area contributed by atoms with Crippen LogP contribution in [-0.4, -0.2) is 15.3 Å². The molecule has 0 atom stereocenters. The van der Waals surface area contributed by atoms with Crippen molar-refractivity contribution in [2.45, 2.75) is 13.3 Å².